The van der Waals surface area contributed by atoms with E-state index in [1.807, 2.05) is 31.2 Å². The Hall–Kier alpha value is -2.88. The van der Waals surface area contributed by atoms with E-state index in [9.17, 15) is 13.2 Å². The Morgan fingerprint density at radius 2 is 1.85 bits per heavy atom. The van der Waals surface area contributed by atoms with Gasteiger partial charge in [-0.15, -0.1) is 10.2 Å². The van der Waals surface area contributed by atoms with Crippen LogP contribution in [0.15, 0.2) is 52.3 Å². The minimum Gasteiger partial charge on any atom is -0.334 e. The van der Waals surface area contributed by atoms with Crippen LogP contribution in [0.5, 0.6) is 0 Å². The molecule has 27 heavy (non-hydrogen) atoms. The number of rotatable bonds is 4. The molecule has 0 aliphatic carbocycles. The zero-order chi connectivity index (χ0) is 19.0. The molecule has 10 heteroatoms. The first-order valence-corrected chi connectivity index (χ1v) is 8.83. The van der Waals surface area contributed by atoms with Gasteiger partial charge in [-0.05, 0) is 31.2 Å². The third kappa shape index (κ3) is 3.65. The van der Waals surface area contributed by atoms with E-state index in [1.165, 1.54) is 22.2 Å². The summed E-state index contributed by atoms with van der Waals surface area (Å²) in [6.07, 6.45) is -3.46. The molecule has 0 unspecified atom stereocenters. The molecule has 0 fully saturated rings. The van der Waals surface area contributed by atoms with Crippen molar-refractivity contribution in [1.29, 1.82) is 0 Å². The van der Waals surface area contributed by atoms with Crippen molar-refractivity contribution >= 4 is 17.4 Å². The van der Waals surface area contributed by atoms with Gasteiger partial charge in [0.15, 0.2) is 16.6 Å². The Balaban J connectivity index is 1.53. The average Bonchev–Trinajstić information content (AvgIpc) is 3.26. The molecule has 0 bridgehead atoms. The molecule has 0 N–H and O–H groups in total. The molecule has 0 radical (unpaired) electrons. The number of hydrogen-bond acceptors (Lipinski definition) is 6. The van der Waals surface area contributed by atoms with Crippen LogP contribution in [0, 0.1) is 6.92 Å². The van der Waals surface area contributed by atoms with Gasteiger partial charge < -0.3 is 4.52 Å². The van der Waals surface area contributed by atoms with E-state index in [0.717, 1.165) is 23.4 Å². The molecule has 6 nitrogen and oxygen atoms in total. The Bertz CT molecular complexity index is 1090. The topological polar surface area (TPSA) is 69.1 Å². The number of alkyl halides is 3. The van der Waals surface area contributed by atoms with Crippen LogP contribution in [0.1, 0.15) is 17.0 Å². The van der Waals surface area contributed by atoms with Gasteiger partial charge >= 0.3 is 6.18 Å². The van der Waals surface area contributed by atoms with E-state index in [1.54, 1.807) is 0 Å². The van der Waals surface area contributed by atoms with Crippen LogP contribution in [0.2, 0.25) is 0 Å². The number of fused-ring (bicyclic) bond motifs is 1. The maximum atomic E-state index is 12.9. The highest BCUT2D eigenvalue weighted by Crippen LogP contribution is 2.30. The van der Waals surface area contributed by atoms with Crippen molar-refractivity contribution in [3.8, 4) is 11.5 Å². The summed E-state index contributed by atoms with van der Waals surface area (Å²) in [4.78, 5) is 4.31. The second-order valence-electron chi connectivity index (χ2n) is 5.80. The largest absolute Gasteiger partial charge is 0.417 e. The maximum absolute atomic E-state index is 12.9. The van der Waals surface area contributed by atoms with Crippen molar-refractivity contribution in [2.75, 3.05) is 0 Å². The molecule has 4 rings (SSSR count). The highest BCUT2D eigenvalue weighted by atomic mass is 32.2. The lowest BCUT2D eigenvalue weighted by Crippen LogP contribution is -2.06. The summed E-state index contributed by atoms with van der Waals surface area (Å²) in [7, 11) is 0. The molecule has 1 aromatic carbocycles. The molecule has 3 heterocycles. The van der Waals surface area contributed by atoms with Crippen LogP contribution in [0.25, 0.3) is 17.1 Å². The summed E-state index contributed by atoms with van der Waals surface area (Å²) in [6.45, 7) is 1.98. The zero-order valence-electron chi connectivity index (χ0n) is 13.9. The van der Waals surface area contributed by atoms with Gasteiger partial charge in [0.25, 0.3) is 5.89 Å². The van der Waals surface area contributed by atoms with E-state index >= 15 is 0 Å². The number of aryl methyl sites for hydroxylation is 1. The Labute approximate surface area is 155 Å². The summed E-state index contributed by atoms with van der Waals surface area (Å²) in [5, 5.41) is 12.0. The molecule has 0 spiro atoms. The molecule has 0 saturated heterocycles. The van der Waals surface area contributed by atoms with E-state index in [0.29, 0.717) is 22.5 Å². The van der Waals surface area contributed by atoms with Crippen LogP contribution in [-0.4, -0.2) is 24.7 Å². The monoisotopic (exact) mass is 391 g/mol. The first-order valence-electron chi connectivity index (χ1n) is 7.84. The molecule has 0 amide bonds. The number of nitrogens with zero attached hydrogens (tertiary/aromatic N) is 5. The average molecular weight is 391 g/mol. The number of benzene rings is 1. The van der Waals surface area contributed by atoms with Gasteiger partial charge in [0.1, 0.15) is 0 Å². The first kappa shape index (κ1) is 17.5. The summed E-state index contributed by atoms with van der Waals surface area (Å²) >= 11 is 1.18. The molecule has 138 valence electrons. The highest BCUT2D eigenvalue weighted by molar-refractivity contribution is 7.98. The van der Waals surface area contributed by atoms with E-state index in [4.69, 9.17) is 4.52 Å². The number of hydrogen-bond donors (Lipinski definition) is 0. The lowest BCUT2D eigenvalue weighted by Gasteiger charge is -2.06. The number of pyridine rings is 1. The zero-order valence-corrected chi connectivity index (χ0v) is 14.8. The van der Waals surface area contributed by atoms with Crippen molar-refractivity contribution in [3.63, 3.8) is 0 Å². The van der Waals surface area contributed by atoms with Crippen molar-refractivity contribution in [2.45, 2.75) is 24.0 Å². The van der Waals surface area contributed by atoms with Gasteiger partial charge in [-0.2, -0.15) is 18.2 Å². The van der Waals surface area contributed by atoms with Crippen LogP contribution in [0.3, 0.4) is 0 Å². The van der Waals surface area contributed by atoms with Crippen molar-refractivity contribution < 1.29 is 17.7 Å². The smallest absolute Gasteiger partial charge is 0.334 e. The lowest BCUT2D eigenvalue weighted by molar-refractivity contribution is -0.137. The third-order valence-corrected chi connectivity index (χ3v) is 4.73. The number of thioether (sulfide) groups is 1. The molecule has 0 aliphatic heterocycles. The Morgan fingerprint density at radius 3 is 2.59 bits per heavy atom. The molecule has 3 aromatic heterocycles. The SMILES string of the molecule is Cc1ccc(-c2nc(CSc3nnc4ccc(C(F)(F)F)cn34)no2)cc1. The highest BCUT2D eigenvalue weighted by Gasteiger charge is 2.31. The minimum absolute atomic E-state index is 0.284. The fourth-order valence-electron chi connectivity index (χ4n) is 2.39. The molecular weight excluding hydrogens is 379 g/mol. The third-order valence-electron chi connectivity index (χ3n) is 3.80. The van der Waals surface area contributed by atoms with Gasteiger partial charge in [0.05, 0.1) is 11.3 Å². The summed E-state index contributed by atoms with van der Waals surface area (Å²) < 4.78 is 45.2. The van der Waals surface area contributed by atoms with Crippen LogP contribution in [0.4, 0.5) is 13.2 Å². The fourth-order valence-corrected chi connectivity index (χ4v) is 3.15. The molecule has 0 saturated carbocycles. The summed E-state index contributed by atoms with van der Waals surface area (Å²) in [5.74, 6) is 1.09. The molecule has 4 aromatic rings. The lowest BCUT2D eigenvalue weighted by atomic mass is 10.1. The summed E-state index contributed by atoms with van der Waals surface area (Å²) in [5.41, 5.74) is 1.48. The van der Waals surface area contributed by atoms with Gasteiger partial charge in [-0.1, -0.05) is 34.6 Å². The second-order valence-corrected chi connectivity index (χ2v) is 6.74. The van der Waals surface area contributed by atoms with Crippen molar-refractivity contribution in [2.24, 2.45) is 0 Å². The predicted molar refractivity (Wildman–Crippen MR) is 92.0 cm³/mol. The van der Waals surface area contributed by atoms with Gasteiger partial charge in [-0.3, -0.25) is 4.40 Å². The van der Waals surface area contributed by atoms with Crippen molar-refractivity contribution in [1.82, 2.24) is 24.7 Å². The maximum Gasteiger partial charge on any atom is 0.417 e. The predicted octanol–water partition coefficient (Wildman–Crippen LogP) is 4.40. The number of halogens is 3. The minimum atomic E-state index is -4.43. The van der Waals surface area contributed by atoms with E-state index < -0.39 is 11.7 Å². The number of aromatic nitrogens is 5. The Kier molecular flexibility index (Phi) is 4.34. The van der Waals surface area contributed by atoms with E-state index in [-0.39, 0.29) is 5.75 Å². The fraction of sp³-hybridized carbons (Fsp3) is 0.176. The summed E-state index contributed by atoms with van der Waals surface area (Å²) in [6, 6.07) is 9.90. The van der Waals surface area contributed by atoms with Crippen LogP contribution in [-0.2, 0) is 11.9 Å². The van der Waals surface area contributed by atoms with E-state index in [2.05, 4.69) is 20.3 Å². The molecule has 0 aliphatic rings. The normalized spacial score (nSPS) is 12.0. The van der Waals surface area contributed by atoms with Gasteiger partial charge in [-0.25, -0.2) is 0 Å². The first-order chi connectivity index (χ1) is 12.9. The standard InChI is InChI=1S/C17H12F3N5OS/c1-10-2-4-11(5-3-10)15-21-13(24-26-15)9-27-16-23-22-14-7-6-12(8-25(14)16)17(18,19)20/h2-8H,9H2,1H3. The Morgan fingerprint density at radius 1 is 1.07 bits per heavy atom. The van der Waals surface area contributed by atoms with Gasteiger partial charge in [0.2, 0.25) is 0 Å². The van der Waals surface area contributed by atoms with Crippen LogP contribution < -0.4 is 0 Å². The quantitative estimate of drug-likeness (QED) is 0.481. The molecular formula is C17H12F3N5OS. The molecule has 0 atom stereocenters. The van der Waals surface area contributed by atoms with Crippen molar-refractivity contribution in [3.05, 3.63) is 59.5 Å². The van der Waals surface area contributed by atoms with Crippen LogP contribution >= 0.6 is 11.8 Å². The van der Waals surface area contributed by atoms with Gasteiger partial charge in [0, 0.05) is 11.8 Å². The second kappa shape index (κ2) is 6.69.